The van der Waals surface area contributed by atoms with Gasteiger partial charge in [0.2, 0.25) is 0 Å². The summed E-state index contributed by atoms with van der Waals surface area (Å²) < 4.78 is 6.91. The first-order chi connectivity index (χ1) is 4.22. The summed E-state index contributed by atoms with van der Waals surface area (Å²) in [5.41, 5.74) is 9.68. The number of rotatable bonds is 0. The van der Waals surface area contributed by atoms with E-state index in [-0.39, 0.29) is 11.6 Å². The standard InChI is InChI=1S/C3H4N4OS/c4-2-1(8)3(5)7-9-6-2/h(H2,4,6)(H2,5,7). The van der Waals surface area contributed by atoms with E-state index in [9.17, 15) is 4.79 Å². The Hall–Kier alpha value is -1.17. The van der Waals surface area contributed by atoms with Crippen LogP contribution in [0.25, 0.3) is 0 Å². The molecule has 6 heteroatoms. The third-order valence-corrected chi connectivity index (χ3v) is 1.30. The van der Waals surface area contributed by atoms with E-state index in [0.29, 0.717) is 0 Å². The predicted octanol–water partition coefficient (Wildman–Crippen LogP) is -0.937. The van der Waals surface area contributed by atoms with Crippen molar-refractivity contribution in [2.45, 2.75) is 0 Å². The third-order valence-electron chi connectivity index (χ3n) is 0.744. The molecule has 0 aliphatic carbocycles. The highest BCUT2D eigenvalue weighted by Gasteiger charge is 1.98. The van der Waals surface area contributed by atoms with Crippen molar-refractivity contribution in [2.75, 3.05) is 11.5 Å². The minimum atomic E-state index is -0.492. The Kier molecular flexibility index (Phi) is 1.31. The molecule has 1 aromatic rings. The molecule has 9 heavy (non-hydrogen) atoms. The smallest absolute Gasteiger partial charge is 0.264 e. The topological polar surface area (TPSA) is 94.9 Å². The molecule has 1 aromatic heterocycles. The van der Waals surface area contributed by atoms with Gasteiger partial charge in [0.05, 0.1) is 11.7 Å². The van der Waals surface area contributed by atoms with E-state index >= 15 is 0 Å². The van der Waals surface area contributed by atoms with Crippen LogP contribution in [0.3, 0.4) is 0 Å². The minimum absolute atomic E-state index is 0.0903. The van der Waals surface area contributed by atoms with E-state index in [1.54, 1.807) is 0 Å². The molecule has 0 fully saturated rings. The maximum atomic E-state index is 10.6. The van der Waals surface area contributed by atoms with Gasteiger partial charge in [-0.2, -0.15) is 8.75 Å². The maximum Gasteiger partial charge on any atom is 0.264 e. The van der Waals surface area contributed by atoms with E-state index in [1.165, 1.54) is 0 Å². The summed E-state index contributed by atoms with van der Waals surface area (Å²) in [4.78, 5) is 10.6. The fraction of sp³-hybridized carbons (Fsp3) is 0. The van der Waals surface area contributed by atoms with Crippen LogP contribution in [0.1, 0.15) is 0 Å². The normalized spacial score (nSPS) is 9.33. The van der Waals surface area contributed by atoms with Crippen molar-refractivity contribution in [1.82, 2.24) is 8.75 Å². The molecular weight excluding hydrogens is 140 g/mol. The molecule has 0 atom stereocenters. The number of hydrogen-bond acceptors (Lipinski definition) is 6. The molecule has 0 spiro atoms. The molecule has 0 aromatic carbocycles. The van der Waals surface area contributed by atoms with Gasteiger partial charge in [-0.25, -0.2) is 0 Å². The van der Waals surface area contributed by atoms with E-state index < -0.39 is 5.43 Å². The molecule has 0 aliphatic rings. The van der Waals surface area contributed by atoms with Gasteiger partial charge in [-0.05, 0) is 0 Å². The lowest BCUT2D eigenvalue weighted by Gasteiger charge is -1.87. The highest BCUT2D eigenvalue weighted by atomic mass is 32.1. The monoisotopic (exact) mass is 144 g/mol. The number of hydrogen-bond donors (Lipinski definition) is 2. The molecular formula is C3H4N4OS. The summed E-state index contributed by atoms with van der Waals surface area (Å²) in [5.74, 6) is -0.181. The van der Waals surface area contributed by atoms with Gasteiger partial charge in [-0.3, -0.25) is 4.79 Å². The van der Waals surface area contributed by atoms with Crippen molar-refractivity contribution in [3.8, 4) is 0 Å². The number of aromatic nitrogens is 2. The molecule has 1 rings (SSSR count). The summed E-state index contributed by atoms with van der Waals surface area (Å²) in [6.07, 6.45) is 0. The maximum absolute atomic E-state index is 10.6. The Morgan fingerprint density at radius 2 is 1.67 bits per heavy atom. The Bertz CT molecular complexity index is 246. The minimum Gasteiger partial charge on any atom is -0.379 e. The molecule has 1 heterocycles. The first-order valence-corrected chi connectivity index (χ1v) is 2.82. The molecule has 0 aliphatic heterocycles. The van der Waals surface area contributed by atoms with Crippen LogP contribution >= 0.6 is 11.7 Å². The van der Waals surface area contributed by atoms with Crippen LogP contribution in [0.15, 0.2) is 4.79 Å². The first-order valence-electron chi connectivity index (χ1n) is 2.09. The fourth-order valence-corrected chi connectivity index (χ4v) is 0.705. The van der Waals surface area contributed by atoms with Crippen LogP contribution in [0.2, 0.25) is 0 Å². The van der Waals surface area contributed by atoms with Crippen molar-refractivity contribution in [3.63, 3.8) is 0 Å². The average Bonchev–Trinajstić information content (AvgIpc) is 1.83. The molecule has 0 saturated heterocycles. The molecule has 0 amide bonds. The number of nitrogen functional groups attached to an aromatic ring is 2. The zero-order chi connectivity index (χ0) is 6.85. The van der Waals surface area contributed by atoms with E-state index in [0.717, 1.165) is 11.7 Å². The largest absolute Gasteiger partial charge is 0.379 e. The summed E-state index contributed by atoms with van der Waals surface area (Å²) >= 11 is 0.820. The molecule has 48 valence electrons. The van der Waals surface area contributed by atoms with Crippen LogP contribution in [-0.4, -0.2) is 8.75 Å². The highest BCUT2D eigenvalue weighted by Crippen LogP contribution is 1.91. The number of nitrogens with zero attached hydrogens (tertiary/aromatic N) is 2. The van der Waals surface area contributed by atoms with E-state index in [4.69, 9.17) is 11.5 Å². The SMILES string of the molecule is Nc1nsnc(N)c1=O. The summed E-state index contributed by atoms with van der Waals surface area (Å²) in [5, 5.41) is 0. The lowest BCUT2D eigenvalue weighted by Crippen LogP contribution is -2.14. The molecule has 4 N–H and O–H groups in total. The van der Waals surface area contributed by atoms with Gasteiger partial charge in [0.25, 0.3) is 5.43 Å². The van der Waals surface area contributed by atoms with Gasteiger partial charge in [0, 0.05) is 0 Å². The highest BCUT2D eigenvalue weighted by molar-refractivity contribution is 6.99. The molecule has 5 nitrogen and oxygen atoms in total. The van der Waals surface area contributed by atoms with Gasteiger partial charge in [0.1, 0.15) is 0 Å². The second kappa shape index (κ2) is 1.98. The van der Waals surface area contributed by atoms with Crippen LogP contribution in [0, 0.1) is 0 Å². The Labute approximate surface area is 54.6 Å². The van der Waals surface area contributed by atoms with E-state index in [1.807, 2.05) is 0 Å². The van der Waals surface area contributed by atoms with Crippen molar-refractivity contribution in [1.29, 1.82) is 0 Å². The predicted molar refractivity (Wildman–Crippen MR) is 35.0 cm³/mol. The third kappa shape index (κ3) is 0.968. The molecule has 0 saturated carbocycles. The van der Waals surface area contributed by atoms with Crippen LogP contribution < -0.4 is 16.9 Å². The van der Waals surface area contributed by atoms with Gasteiger partial charge in [-0.15, -0.1) is 0 Å². The lowest BCUT2D eigenvalue weighted by molar-refractivity contribution is 1.36. The van der Waals surface area contributed by atoms with E-state index in [2.05, 4.69) is 8.75 Å². The van der Waals surface area contributed by atoms with Crippen molar-refractivity contribution < 1.29 is 0 Å². The zero-order valence-corrected chi connectivity index (χ0v) is 5.18. The molecule has 0 radical (unpaired) electrons. The number of anilines is 2. The quantitative estimate of drug-likeness (QED) is 0.490. The van der Waals surface area contributed by atoms with Gasteiger partial charge in [0.15, 0.2) is 11.6 Å². The molecule has 0 bridgehead atoms. The second-order valence-electron chi connectivity index (χ2n) is 1.36. The van der Waals surface area contributed by atoms with Gasteiger partial charge >= 0.3 is 0 Å². The Morgan fingerprint density at radius 1 is 1.22 bits per heavy atom. The van der Waals surface area contributed by atoms with Crippen molar-refractivity contribution in [3.05, 3.63) is 10.2 Å². The number of nitrogens with two attached hydrogens (primary N) is 2. The second-order valence-corrected chi connectivity index (χ2v) is 1.89. The van der Waals surface area contributed by atoms with Gasteiger partial charge < -0.3 is 11.5 Å². The lowest BCUT2D eigenvalue weighted by atomic mass is 10.6. The fourth-order valence-electron chi connectivity index (χ4n) is 0.323. The molecule has 0 unspecified atom stereocenters. The Balaban J connectivity index is 3.43. The van der Waals surface area contributed by atoms with Crippen molar-refractivity contribution >= 4 is 23.4 Å². The van der Waals surface area contributed by atoms with Crippen LogP contribution in [0.4, 0.5) is 11.6 Å². The summed E-state index contributed by atoms with van der Waals surface area (Å²) in [6.45, 7) is 0. The Morgan fingerprint density at radius 3 is 2.00 bits per heavy atom. The summed E-state index contributed by atoms with van der Waals surface area (Å²) in [6, 6.07) is 0. The average molecular weight is 144 g/mol. The van der Waals surface area contributed by atoms with Crippen LogP contribution in [0.5, 0.6) is 0 Å². The van der Waals surface area contributed by atoms with Crippen LogP contribution in [-0.2, 0) is 0 Å². The zero-order valence-electron chi connectivity index (χ0n) is 4.37. The summed E-state index contributed by atoms with van der Waals surface area (Å²) in [7, 11) is 0. The van der Waals surface area contributed by atoms with Gasteiger partial charge in [-0.1, -0.05) is 0 Å². The van der Waals surface area contributed by atoms with Crippen molar-refractivity contribution in [2.24, 2.45) is 0 Å². The first kappa shape index (κ1) is 5.96.